The summed E-state index contributed by atoms with van der Waals surface area (Å²) in [4.78, 5) is 34.6. The van der Waals surface area contributed by atoms with Crippen LogP contribution in [0.2, 0.25) is 0 Å². The quantitative estimate of drug-likeness (QED) is 0.0362. The molecular formula is C84H102N8O6. The number of guanidine groups is 1. The summed E-state index contributed by atoms with van der Waals surface area (Å²) in [6.45, 7) is 2.51. The monoisotopic (exact) mass is 1320 g/mol. The van der Waals surface area contributed by atoms with Gasteiger partial charge in [-0.3, -0.25) is 9.59 Å². The summed E-state index contributed by atoms with van der Waals surface area (Å²) in [5.41, 5.74) is 25.1. The highest BCUT2D eigenvalue weighted by Gasteiger charge is 2.72. The molecule has 1 saturated heterocycles. The number of nitrogens with one attached hydrogen (secondary N) is 5. The van der Waals surface area contributed by atoms with Gasteiger partial charge in [0.25, 0.3) is 0 Å². The molecule has 12 N–H and O–H groups in total. The zero-order chi connectivity index (χ0) is 67.1. The number of phenolic OH excluding ortho intramolecular Hbond substituents is 1. The average Bonchev–Trinajstić information content (AvgIpc) is 1.50. The first kappa shape index (κ1) is 66.5. The van der Waals surface area contributed by atoms with E-state index in [2.05, 4.69) is 154 Å². The average molecular weight is 1320 g/mol. The number of fused-ring (bicyclic) bond motifs is 3. The number of Topliss-reactive ketones (excluding diaryl/α,β-unsaturated/α-hetero) is 1. The fraction of sp³-hybridized carbons (Fsp3) is 0.512. The number of hydrogen-bond donors (Lipinski definition) is 10. The van der Waals surface area contributed by atoms with Crippen molar-refractivity contribution < 1.29 is 29.6 Å². The second-order valence-corrected chi connectivity index (χ2v) is 31.4. The van der Waals surface area contributed by atoms with E-state index in [1.807, 2.05) is 6.20 Å². The molecule has 0 aromatic heterocycles. The van der Waals surface area contributed by atoms with Gasteiger partial charge < -0.3 is 58.1 Å². The van der Waals surface area contributed by atoms with Gasteiger partial charge in [-0.25, -0.2) is 0 Å². The zero-order valence-corrected chi connectivity index (χ0v) is 57.2. The van der Waals surface area contributed by atoms with Crippen LogP contribution in [0.5, 0.6) is 11.5 Å². The Labute approximate surface area is 579 Å². The van der Waals surface area contributed by atoms with Crippen LogP contribution in [0.3, 0.4) is 0 Å². The van der Waals surface area contributed by atoms with Gasteiger partial charge in [0.05, 0.1) is 38.4 Å². The number of aromatic hydroxyl groups is 1. The number of ketones is 2. The van der Waals surface area contributed by atoms with Crippen LogP contribution in [0.1, 0.15) is 130 Å². The number of nitrogens with zero attached hydrogens (tertiary/aromatic N) is 1. The van der Waals surface area contributed by atoms with E-state index in [1.54, 1.807) is 12.1 Å². The number of ether oxygens (including phenoxy) is 1. The van der Waals surface area contributed by atoms with Gasteiger partial charge in [-0.1, -0.05) is 121 Å². The normalized spacial score (nSPS) is 35.6. The number of benzene rings is 4. The lowest BCUT2D eigenvalue weighted by Gasteiger charge is -2.57. The number of carbonyl (C=O) groups excluding carboxylic acids is 2. The van der Waals surface area contributed by atoms with E-state index in [1.165, 1.54) is 53.9 Å². The summed E-state index contributed by atoms with van der Waals surface area (Å²) in [6.07, 6.45) is 29.9. The molecule has 0 radical (unpaired) electrons. The van der Waals surface area contributed by atoms with Gasteiger partial charge >= 0.3 is 0 Å². The molecule has 6 fully saturated rings. The van der Waals surface area contributed by atoms with Crippen LogP contribution in [0.15, 0.2) is 167 Å². The first-order valence-corrected chi connectivity index (χ1v) is 37.2. The zero-order valence-electron chi connectivity index (χ0n) is 57.2. The molecule has 8 aliphatic heterocycles. The SMILES string of the molecule is COc1cc2c(cc1O)CC1=CNC(N)C=C1[C@@H](Cc1cccc(CCc3ccccc3)c1)CC#CN=C(N)N[C@@H]1CC3=C4C=CC[C@H](O)[C@H]4N[C@H]4C[C@@]5(C[C@H]6[C@H]7CCNC[C@@H]7C[C@@H]7C=CCN[C@H]67)C[C@H](CC[C@H]5[C@]45CC[C@@H]([C@H]1CCc1ccccc1)[C@@H]35)CC(=O)CC(=O)/C=C/2CO. The van der Waals surface area contributed by atoms with E-state index in [-0.39, 0.29) is 88.5 Å². The predicted molar refractivity (Wildman–Crippen MR) is 387 cm³/mol. The fourth-order valence-corrected chi connectivity index (χ4v) is 22.4. The van der Waals surface area contributed by atoms with Crippen LogP contribution in [-0.2, 0) is 41.7 Å². The Morgan fingerprint density at radius 2 is 1.66 bits per heavy atom. The number of aliphatic hydroxyl groups is 2. The van der Waals surface area contributed by atoms with Gasteiger partial charge in [-0.05, 0) is 272 Å². The number of rotatable bonds is 12. The number of aryl methyl sites for hydroxylation is 3. The van der Waals surface area contributed by atoms with Crippen molar-refractivity contribution >= 4 is 23.1 Å². The minimum atomic E-state index is -0.571. The Bertz CT molecular complexity index is 3920. The molecule has 1 spiro atoms. The summed E-state index contributed by atoms with van der Waals surface area (Å²) in [5, 5.41) is 55.0. The lowest BCUT2D eigenvalue weighted by molar-refractivity contribution is -0.126. The molecule has 0 amide bonds. The third-order valence-corrected chi connectivity index (χ3v) is 26.1. The molecule has 14 aliphatic rings. The van der Waals surface area contributed by atoms with Crippen molar-refractivity contribution in [3.8, 4) is 23.5 Å². The van der Waals surface area contributed by atoms with Crippen LogP contribution in [0.25, 0.3) is 5.57 Å². The smallest absolute Gasteiger partial charge is 0.202 e. The summed E-state index contributed by atoms with van der Waals surface area (Å²) in [5.74, 6) is 6.88. The fourth-order valence-electron chi connectivity index (χ4n) is 22.4. The topological polar surface area (TPSA) is 229 Å². The molecule has 6 aliphatic carbocycles. The largest absolute Gasteiger partial charge is 0.504 e. The van der Waals surface area contributed by atoms with E-state index in [9.17, 15) is 24.9 Å². The highest BCUT2D eigenvalue weighted by molar-refractivity contribution is 6.08. The molecule has 514 valence electrons. The number of phenols is 1. The molecule has 14 nitrogen and oxygen atoms in total. The molecule has 18 atom stereocenters. The lowest BCUT2D eigenvalue weighted by atomic mass is 9.49. The summed E-state index contributed by atoms with van der Waals surface area (Å²) < 4.78 is 5.71. The van der Waals surface area contributed by atoms with E-state index in [0.29, 0.717) is 89.9 Å². The molecule has 5 saturated carbocycles. The molecule has 4 aromatic carbocycles. The third-order valence-electron chi connectivity index (χ3n) is 26.1. The standard InChI is InChI=1S/C84H102N8O6/c1-98-75-43-68-58(40-74(75)97)38-60-49-90-78(85)44-69(60)56(35-54-17-8-16-53(34-54)23-22-51-12-4-2-5-13-51)18-10-32-89-82(86)91-72-42-70-67-20-9-21-73(96)81(67)92-77-47-83(46-71-64-29-33-87-48-59(64)37-57-19-11-31-88-80(57)71)45-55(36-62(94)41-63(95)39-61(68)50-93)25-27-76(83)84(77)30-28-66(79(70)84)65(72)26-24-52-14-6-3-7-15-52/h2-9,11-17,19-20,34,39-40,43-44,49,55-57,59,64-66,71-73,76-81,87-88,90,92-93,96-97H,18,21-31,33,35-38,41-42,45-48,50,85H2,1H3,(H3,86,89,91)/b61-39+/t55-,56-,57+,59+,64+,65-,66+,71+,72-,73+,76-,77+,78?,79+,80+,81+,83+,84-/m1/s1. The second-order valence-electron chi connectivity index (χ2n) is 31.4. The molecule has 4 aromatic rings. The van der Waals surface area contributed by atoms with Crippen molar-refractivity contribution in [3.05, 3.63) is 195 Å². The lowest BCUT2D eigenvalue weighted by Crippen LogP contribution is -2.58. The molecule has 18 rings (SSSR count). The van der Waals surface area contributed by atoms with Crippen LogP contribution in [-0.4, -0.2) is 103 Å². The Balaban J connectivity index is 0.840. The first-order chi connectivity index (χ1) is 47.8. The number of methoxy groups -OCH3 is 1. The number of hydrogen-bond acceptors (Lipinski definition) is 14. The Morgan fingerprint density at radius 1 is 0.857 bits per heavy atom. The Morgan fingerprint density at radius 3 is 2.49 bits per heavy atom. The molecule has 98 heavy (non-hydrogen) atoms. The predicted octanol–water partition coefficient (Wildman–Crippen LogP) is 10.4. The van der Waals surface area contributed by atoms with Gasteiger partial charge in [-0.15, -0.1) is 0 Å². The number of aliphatic hydroxyl groups excluding tert-OH is 2. The van der Waals surface area contributed by atoms with E-state index < -0.39 is 18.9 Å². The molecule has 8 heterocycles. The minimum absolute atomic E-state index is 0.0355. The van der Waals surface area contributed by atoms with E-state index >= 15 is 0 Å². The number of aliphatic imine (C=N–C) groups is 1. The molecular weight excluding hydrogens is 1220 g/mol. The van der Waals surface area contributed by atoms with Crippen molar-refractivity contribution in [1.29, 1.82) is 0 Å². The summed E-state index contributed by atoms with van der Waals surface area (Å²) in [7, 11) is 1.49. The Kier molecular flexibility index (Phi) is 19.5. The van der Waals surface area contributed by atoms with Crippen molar-refractivity contribution in [2.45, 2.75) is 165 Å². The van der Waals surface area contributed by atoms with Crippen molar-refractivity contribution in [2.24, 2.45) is 86.5 Å². The maximum Gasteiger partial charge on any atom is 0.202 e. The number of piperidine rings is 1. The first-order valence-electron chi connectivity index (χ1n) is 37.2. The Hall–Kier alpha value is -7.35. The summed E-state index contributed by atoms with van der Waals surface area (Å²) >= 11 is 0. The molecule has 1 unspecified atom stereocenters. The number of carbonyl (C=O) groups is 2. The maximum absolute atomic E-state index is 15.0. The van der Waals surface area contributed by atoms with Crippen LogP contribution >= 0.6 is 0 Å². The highest BCUT2D eigenvalue weighted by Crippen LogP contribution is 2.75. The maximum atomic E-state index is 15.0. The van der Waals surface area contributed by atoms with Gasteiger partial charge in [0.2, 0.25) is 5.96 Å². The second kappa shape index (κ2) is 28.7. The van der Waals surface area contributed by atoms with Crippen LogP contribution < -0.4 is 42.8 Å². The number of nitrogens with two attached hydrogens (primary N) is 2. The van der Waals surface area contributed by atoms with Crippen LogP contribution in [0.4, 0.5) is 0 Å². The summed E-state index contributed by atoms with van der Waals surface area (Å²) in [6, 6.07) is 37.3. The third kappa shape index (κ3) is 13.3. The van der Waals surface area contributed by atoms with Crippen LogP contribution in [0, 0.1) is 82.0 Å². The van der Waals surface area contributed by atoms with E-state index in [0.717, 1.165) is 113 Å². The number of dihydropyridines is 1. The van der Waals surface area contributed by atoms with Crippen molar-refractivity contribution in [3.63, 3.8) is 0 Å². The van der Waals surface area contributed by atoms with E-state index in [4.69, 9.17) is 21.2 Å². The van der Waals surface area contributed by atoms with Gasteiger partial charge in [0.15, 0.2) is 17.3 Å². The van der Waals surface area contributed by atoms with Crippen molar-refractivity contribution in [2.75, 3.05) is 33.4 Å². The molecule has 14 heteroatoms. The van der Waals surface area contributed by atoms with Gasteiger partial charge in [0.1, 0.15) is 5.78 Å². The highest BCUT2D eigenvalue weighted by atomic mass is 16.5. The number of allylic oxidation sites excluding steroid dienone is 3. The minimum Gasteiger partial charge on any atom is -0.504 e. The molecule has 8 bridgehead atoms. The van der Waals surface area contributed by atoms with Gasteiger partial charge in [-0.2, -0.15) is 4.99 Å². The van der Waals surface area contributed by atoms with Gasteiger partial charge in [0, 0.05) is 49.8 Å². The van der Waals surface area contributed by atoms with Crippen molar-refractivity contribution in [1.82, 2.24) is 26.6 Å².